The van der Waals surface area contributed by atoms with E-state index in [1.165, 1.54) is 0 Å². The van der Waals surface area contributed by atoms with E-state index in [9.17, 15) is 8.42 Å². The first-order valence-corrected chi connectivity index (χ1v) is 9.78. The van der Waals surface area contributed by atoms with E-state index in [-0.39, 0.29) is 5.75 Å². The highest BCUT2D eigenvalue weighted by Crippen LogP contribution is 2.30. The van der Waals surface area contributed by atoms with E-state index in [0.29, 0.717) is 37.1 Å². The molecule has 1 heterocycles. The molecule has 1 N–H and O–H groups in total. The lowest BCUT2D eigenvalue weighted by molar-refractivity contribution is 0.347. The van der Waals surface area contributed by atoms with Gasteiger partial charge in [0.25, 0.3) is 0 Å². The van der Waals surface area contributed by atoms with Gasteiger partial charge in [0, 0.05) is 32.2 Å². The van der Waals surface area contributed by atoms with Gasteiger partial charge in [-0.1, -0.05) is 12.1 Å². The average molecular weight is 369 g/mol. The topological polar surface area (TPSA) is 80.2 Å². The molecule has 1 aromatic rings. The van der Waals surface area contributed by atoms with E-state index in [2.05, 4.69) is 10.3 Å². The first-order chi connectivity index (χ1) is 11.8. The molecular formula is C17H27N3O4S. The van der Waals surface area contributed by atoms with Crippen LogP contribution in [0.15, 0.2) is 23.2 Å². The zero-order valence-electron chi connectivity index (χ0n) is 15.5. The van der Waals surface area contributed by atoms with E-state index in [0.717, 1.165) is 5.56 Å². The van der Waals surface area contributed by atoms with Crippen LogP contribution in [-0.4, -0.2) is 64.1 Å². The molecule has 0 atom stereocenters. The Labute approximate surface area is 149 Å². The fourth-order valence-electron chi connectivity index (χ4n) is 2.92. The Morgan fingerprint density at radius 2 is 2.04 bits per heavy atom. The molecule has 0 unspecified atom stereocenters. The van der Waals surface area contributed by atoms with Gasteiger partial charge < -0.3 is 19.7 Å². The molecule has 0 bridgehead atoms. The Balaban J connectivity index is 2.12. The summed E-state index contributed by atoms with van der Waals surface area (Å²) in [5.41, 5.74) is 0.937. The van der Waals surface area contributed by atoms with Crippen molar-refractivity contribution in [2.24, 2.45) is 4.99 Å². The molecule has 140 valence electrons. The third kappa shape index (κ3) is 4.00. The van der Waals surface area contributed by atoms with Crippen molar-refractivity contribution in [1.82, 2.24) is 10.2 Å². The van der Waals surface area contributed by atoms with Crippen molar-refractivity contribution in [1.29, 1.82) is 0 Å². The summed E-state index contributed by atoms with van der Waals surface area (Å²) in [6.07, 6.45) is 0. The molecule has 0 aromatic heterocycles. The number of ether oxygens (including phenoxy) is 2. The first-order valence-electron chi connectivity index (χ1n) is 8.13. The Bertz CT molecular complexity index is 744. The molecule has 7 nitrogen and oxygen atoms in total. The number of nitrogens with one attached hydrogen (secondary N) is 1. The van der Waals surface area contributed by atoms with E-state index in [4.69, 9.17) is 9.47 Å². The molecule has 1 aromatic carbocycles. The maximum absolute atomic E-state index is 12.2. The van der Waals surface area contributed by atoms with Gasteiger partial charge in [0.2, 0.25) is 0 Å². The zero-order chi connectivity index (χ0) is 18.7. The number of sulfone groups is 1. The SMILES string of the molecule is CN=C(NCc1cccc(OC)c1OC)N1CCS(=O)(=O)C(C)(C)C1. The molecule has 1 fully saturated rings. The lowest BCUT2D eigenvalue weighted by Crippen LogP contribution is -2.57. The van der Waals surface area contributed by atoms with Gasteiger partial charge in [-0.3, -0.25) is 4.99 Å². The van der Waals surface area contributed by atoms with Crippen LogP contribution < -0.4 is 14.8 Å². The standard InChI is InChI=1S/C17H27N3O4S/c1-17(2)12-20(9-10-25(17,21)22)16(18-3)19-11-13-7-6-8-14(23-4)15(13)24-5/h6-8H,9-12H2,1-5H3,(H,18,19). The monoisotopic (exact) mass is 369 g/mol. The normalized spacial score (nSPS) is 19.4. The molecule has 1 aliphatic rings. The Hall–Kier alpha value is -1.96. The lowest BCUT2D eigenvalue weighted by Gasteiger charge is -2.39. The summed E-state index contributed by atoms with van der Waals surface area (Å²) in [5, 5.41) is 3.29. The number of hydrogen-bond donors (Lipinski definition) is 1. The van der Waals surface area contributed by atoms with Crippen LogP contribution >= 0.6 is 0 Å². The number of aliphatic imine (C=N–C) groups is 1. The van der Waals surface area contributed by atoms with Crippen molar-refractivity contribution in [3.8, 4) is 11.5 Å². The molecule has 1 aliphatic heterocycles. The van der Waals surface area contributed by atoms with E-state index in [1.54, 1.807) is 35.1 Å². The minimum Gasteiger partial charge on any atom is -0.493 e. The summed E-state index contributed by atoms with van der Waals surface area (Å²) in [6, 6.07) is 5.69. The van der Waals surface area contributed by atoms with Crippen molar-refractivity contribution in [2.45, 2.75) is 25.1 Å². The summed E-state index contributed by atoms with van der Waals surface area (Å²) >= 11 is 0. The number of methoxy groups -OCH3 is 2. The van der Waals surface area contributed by atoms with Gasteiger partial charge in [0.1, 0.15) is 0 Å². The molecule has 1 saturated heterocycles. The predicted octanol–water partition coefficient (Wildman–Crippen LogP) is 1.29. The molecule has 0 spiro atoms. The van der Waals surface area contributed by atoms with Gasteiger partial charge >= 0.3 is 0 Å². The fourth-order valence-corrected chi connectivity index (χ4v) is 4.29. The second-order valence-electron chi connectivity index (χ2n) is 6.55. The average Bonchev–Trinajstić information content (AvgIpc) is 2.58. The van der Waals surface area contributed by atoms with Gasteiger partial charge in [-0.05, 0) is 19.9 Å². The van der Waals surface area contributed by atoms with Crippen LogP contribution in [0.2, 0.25) is 0 Å². The van der Waals surface area contributed by atoms with Crippen molar-refractivity contribution < 1.29 is 17.9 Å². The first kappa shape index (κ1) is 19.4. The van der Waals surface area contributed by atoms with Crippen LogP contribution in [0.1, 0.15) is 19.4 Å². The van der Waals surface area contributed by atoms with Crippen molar-refractivity contribution >= 4 is 15.8 Å². The van der Waals surface area contributed by atoms with Gasteiger partial charge in [-0.15, -0.1) is 0 Å². The summed E-state index contributed by atoms with van der Waals surface area (Å²) in [4.78, 5) is 6.28. The molecule has 0 radical (unpaired) electrons. The van der Waals surface area contributed by atoms with Crippen LogP contribution in [0.5, 0.6) is 11.5 Å². The fraction of sp³-hybridized carbons (Fsp3) is 0.588. The van der Waals surface area contributed by atoms with Crippen molar-refractivity contribution in [2.75, 3.05) is 40.1 Å². The lowest BCUT2D eigenvalue weighted by atomic mass is 10.1. The maximum atomic E-state index is 12.2. The van der Waals surface area contributed by atoms with E-state index < -0.39 is 14.6 Å². The molecule has 8 heteroatoms. The maximum Gasteiger partial charge on any atom is 0.193 e. The smallest absolute Gasteiger partial charge is 0.193 e. The number of para-hydroxylation sites is 1. The summed E-state index contributed by atoms with van der Waals surface area (Å²) in [6.45, 7) is 4.85. The molecular weight excluding hydrogens is 342 g/mol. The van der Waals surface area contributed by atoms with Crippen molar-refractivity contribution in [3.63, 3.8) is 0 Å². The van der Waals surface area contributed by atoms with Gasteiger partial charge in [-0.2, -0.15) is 0 Å². The third-order valence-corrected chi connectivity index (χ3v) is 7.01. The molecule has 2 rings (SSSR count). The van der Waals surface area contributed by atoms with Crippen LogP contribution in [0, 0.1) is 0 Å². The Morgan fingerprint density at radius 1 is 1.32 bits per heavy atom. The van der Waals surface area contributed by atoms with Gasteiger partial charge in [-0.25, -0.2) is 8.42 Å². The number of rotatable bonds is 4. The summed E-state index contributed by atoms with van der Waals surface area (Å²) in [7, 11) is 1.82. The number of benzene rings is 1. The largest absolute Gasteiger partial charge is 0.493 e. The molecule has 0 aliphatic carbocycles. The minimum atomic E-state index is -3.08. The van der Waals surface area contributed by atoms with Crippen LogP contribution in [0.3, 0.4) is 0 Å². The Kier molecular flexibility index (Phi) is 5.82. The van der Waals surface area contributed by atoms with Gasteiger partial charge in [0.05, 0.1) is 24.7 Å². The highest BCUT2D eigenvalue weighted by molar-refractivity contribution is 7.92. The molecule has 25 heavy (non-hydrogen) atoms. The summed E-state index contributed by atoms with van der Waals surface area (Å²) in [5.74, 6) is 2.15. The molecule has 0 saturated carbocycles. The second kappa shape index (κ2) is 7.51. The van der Waals surface area contributed by atoms with Crippen LogP contribution in [-0.2, 0) is 16.4 Å². The summed E-state index contributed by atoms with van der Waals surface area (Å²) < 4.78 is 34.3. The highest BCUT2D eigenvalue weighted by Gasteiger charge is 2.40. The van der Waals surface area contributed by atoms with Crippen LogP contribution in [0.25, 0.3) is 0 Å². The number of guanidine groups is 1. The number of hydrogen-bond acceptors (Lipinski definition) is 5. The Morgan fingerprint density at radius 3 is 2.60 bits per heavy atom. The van der Waals surface area contributed by atoms with E-state index in [1.807, 2.05) is 23.1 Å². The number of nitrogens with zero attached hydrogens (tertiary/aromatic N) is 2. The van der Waals surface area contributed by atoms with Crippen LogP contribution in [0.4, 0.5) is 0 Å². The van der Waals surface area contributed by atoms with E-state index >= 15 is 0 Å². The predicted molar refractivity (Wildman–Crippen MR) is 99.2 cm³/mol. The van der Waals surface area contributed by atoms with Gasteiger partial charge in [0.15, 0.2) is 27.3 Å². The second-order valence-corrected chi connectivity index (χ2v) is 9.30. The highest BCUT2D eigenvalue weighted by atomic mass is 32.2. The third-order valence-electron chi connectivity index (χ3n) is 4.48. The molecule has 0 amide bonds. The van der Waals surface area contributed by atoms with Crippen molar-refractivity contribution in [3.05, 3.63) is 23.8 Å². The zero-order valence-corrected chi connectivity index (χ0v) is 16.3. The minimum absolute atomic E-state index is 0.128. The quantitative estimate of drug-likeness (QED) is 0.636.